The number of carboxylic acids is 1. The molecular weight excluding hydrogens is 178 g/mol. The largest absolute Gasteiger partial charge is 0.478 e. The van der Waals surface area contributed by atoms with Crippen LogP contribution < -0.4 is 0 Å². The summed E-state index contributed by atoms with van der Waals surface area (Å²) in [4.78, 5) is 14.8. The van der Waals surface area contributed by atoms with Crippen LogP contribution in [0.4, 0.5) is 5.69 Å². The van der Waals surface area contributed by atoms with E-state index in [9.17, 15) is 4.79 Å². The Morgan fingerprint density at radius 1 is 1.57 bits per heavy atom. The fourth-order valence-electron chi connectivity index (χ4n) is 1.12. The van der Waals surface area contributed by atoms with Gasteiger partial charge < -0.3 is 5.11 Å². The summed E-state index contributed by atoms with van der Waals surface area (Å²) in [6, 6.07) is 4.92. The summed E-state index contributed by atoms with van der Waals surface area (Å²) in [5, 5.41) is 8.74. The van der Waals surface area contributed by atoms with Crippen LogP contribution in [0.5, 0.6) is 0 Å². The number of carbonyl (C=O) groups is 1. The molecule has 0 spiro atoms. The van der Waals surface area contributed by atoms with Gasteiger partial charge in [0, 0.05) is 6.21 Å². The lowest BCUT2D eigenvalue weighted by molar-refractivity contribution is 0.0697. The Balaban J connectivity index is 3.01. The fraction of sp³-hybridized carbons (Fsp3) is 0.273. The summed E-state index contributed by atoms with van der Waals surface area (Å²) in [7, 11) is 0. The van der Waals surface area contributed by atoms with Gasteiger partial charge in [-0.2, -0.15) is 0 Å². The van der Waals surface area contributed by atoms with Crippen molar-refractivity contribution in [2.45, 2.75) is 20.3 Å². The molecule has 0 saturated carbocycles. The van der Waals surface area contributed by atoms with Gasteiger partial charge in [0.2, 0.25) is 0 Å². The third-order valence-electron chi connectivity index (χ3n) is 1.86. The smallest absolute Gasteiger partial charge is 0.335 e. The van der Waals surface area contributed by atoms with Crippen LogP contribution in [-0.2, 0) is 0 Å². The monoisotopic (exact) mass is 191 g/mol. The number of aryl methyl sites for hydroxylation is 1. The molecule has 0 heterocycles. The van der Waals surface area contributed by atoms with Gasteiger partial charge >= 0.3 is 5.97 Å². The van der Waals surface area contributed by atoms with Gasteiger partial charge in [-0.15, -0.1) is 0 Å². The van der Waals surface area contributed by atoms with Crippen molar-refractivity contribution in [3.63, 3.8) is 0 Å². The zero-order valence-corrected chi connectivity index (χ0v) is 8.32. The summed E-state index contributed by atoms with van der Waals surface area (Å²) in [6.07, 6.45) is 2.68. The number of hydrogen-bond acceptors (Lipinski definition) is 2. The highest BCUT2D eigenvalue weighted by molar-refractivity contribution is 5.88. The number of aliphatic imine (C=N–C) groups is 1. The first-order valence-electron chi connectivity index (χ1n) is 4.51. The van der Waals surface area contributed by atoms with Crippen LogP contribution in [0.25, 0.3) is 0 Å². The van der Waals surface area contributed by atoms with Gasteiger partial charge in [0.05, 0.1) is 11.3 Å². The van der Waals surface area contributed by atoms with E-state index in [4.69, 9.17) is 5.11 Å². The summed E-state index contributed by atoms with van der Waals surface area (Å²) in [6.45, 7) is 3.86. The van der Waals surface area contributed by atoms with Crippen LogP contribution in [0.15, 0.2) is 23.2 Å². The van der Waals surface area contributed by atoms with Crippen LogP contribution in [0.1, 0.15) is 29.3 Å². The second kappa shape index (κ2) is 4.56. The molecule has 0 aliphatic rings. The van der Waals surface area contributed by atoms with E-state index in [0.717, 1.165) is 17.7 Å². The lowest BCUT2D eigenvalue weighted by Crippen LogP contribution is -1.95. The van der Waals surface area contributed by atoms with Crippen LogP contribution in [-0.4, -0.2) is 17.3 Å². The van der Waals surface area contributed by atoms with Gasteiger partial charge in [0.15, 0.2) is 0 Å². The van der Waals surface area contributed by atoms with Crippen LogP contribution >= 0.6 is 0 Å². The number of aromatic carboxylic acids is 1. The summed E-state index contributed by atoms with van der Waals surface area (Å²) in [5.74, 6) is -0.904. The molecule has 3 heteroatoms. The van der Waals surface area contributed by atoms with Gasteiger partial charge in [0.25, 0.3) is 0 Å². The number of carboxylic acid groups (broad SMARTS) is 1. The molecule has 1 aromatic carbocycles. The molecule has 0 aliphatic heterocycles. The maximum absolute atomic E-state index is 10.6. The number of rotatable bonds is 3. The molecule has 0 atom stereocenters. The highest BCUT2D eigenvalue weighted by Crippen LogP contribution is 2.19. The average molecular weight is 191 g/mol. The van der Waals surface area contributed by atoms with Crippen LogP contribution in [0, 0.1) is 6.92 Å². The van der Waals surface area contributed by atoms with Gasteiger partial charge in [-0.3, -0.25) is 4.99 Å². The SMILES string of the molecule is CCC=Nc1ccc(C(=O)O)cc1C. The van der Waals surface area contributed by atoms with E-state index in [-0.39, 0.29) is 0 Å². The van der Waals surface area contributed by atoms with E-state index in [2.05, 4.69) is 4.99 Å². The Kier molecular flexibility index (Phi) is 3.40. The third kappa shape index (κ3) is 2.42. The molecule has 0 fully saturated rings. The molecule has 3 nitrogen and oxygen atoms in total. The van der Waals surface area contributed by atoms with E-state index >= 15 is 0 Å². The standard InChI is InChI=1S/C11H13NO2/c1-3-6-12-10-5-4-9(11(13)14)7-8(10)2/h4-7H,3H2,1-2H3,(H,13,14). The zero-order valence-electron chi connectivity index (χ0n) is 8.32. The number of hydrogen-bond donors (Lipinski definition) is 1. The van der Waals surface area contributed by atoms with E-state index in [0.29, 0.717) is 5.56 Å². The maximum atomic E-state index is 10.6. The van der Waals surface area contributed by atoms with Crippen molar-refractivity contribution < 1.29 is 9.90 Å². The highest BCUT2D eigenvalue weighted by atomic mass is 16.4. The lowest BCUT2D eigenvalue weighted by Gasteiger charge is -2.00. The molecule has 0 aromatic heterocycles. The minimum Gasteiger partial charge on any atom is -0.478 e. The quantitative estimate of drug-likeness (QED) is 0.747. The Morgan fingerprint density at radius 2 is 2.29 bits per heavy atom. The number of nitrogens with zero attached hydrogens (tertiary/aromatic N) is 1. The molecule has 1 rings (SSSR count). The van der Waals surface area contributed by atoms with Crippen molar-refractivity contribution in [2.24, 2.45) is 4.99 Å². The second-order valence-electron chi connectivity index (χ2n) is 3.03. The van der Waals surface area contributed by atoms with Crippen molar-refractivity contribution in [1.29, 1.82) is 0 Å². The molecule has 74 valence electrons. The first kappa shape index (κ1) is 10.4. The van der Waals surface area contributed by atoms with Crippen molar-refractivity contribution in [3.8, 4) is 0 Å². The predicted octanol–water partition coefficient (Wildman–Crippen LogP) is 2.81. The third-order valence-corrected chi connectivity index (χ3v) is 1.86. The average Bonchev–Trinajstić information content (AvgIpc) is 2.15. The summed E-state index contributed by atoms with van der Waals surface area (Å²) < 4.78 is 0. The maximum Gasteiger partial charge on any atom is 0.335 e. The molecule has 0 radical (unpaired) electrons. The van der Waals surface area contributed by atoms with Crippen LogP contribution in [0.3, 0.4) is 0 Å². The van der Waals surface area contributed by atoms with E-state index < -0.39 is 5.97 Å². The predicted molar refractivity (Wildman–Crippen MR) is 56.6 cm³/mol. The van der Waals surface area contributed by atoms with Crippen molar-refractivity contribution in [1.82, 2.24) is 0 Å². The molecule has 1 N–H and O–H groups in total. The summed E-state index contributed by atoms with van der Waals surface area (Å²) in [5.41, 5.74) is 2.02. The lowest BCUT2D eigenvalue weighted by atomic mass is 10.1. The van der Waals surface area contributed by atoms with Crippen molar-refractivity contribution in [2.75, 3.05) is 0 Å². The molecular formula is C11H13NO2. The first-order valence-corrected chi connectivity index (χ1v) is 4.51. The minimum absolute atomic E-state index is 0.304. The minimum atomic E-state index is -0.904. The van der Waals surface area contributed by atoms with E-state index in [1.165, 1.54) is 0 Å². The Bertz CT molecular complexity index is 370. The summed E-state index contributed by atoms with van der Waals surface area (Å²) >= 11 is 0. The van der Waals surface area contributed by atoms with Gasteiger partial charge in [0.1, 0.15) is 0 Å². The molecule has 0 amide bonds. The zero-order chi connectivity index (χ0) is 10.6. The number of benzene rings is 1. The Hall–Kier alpha value is -1.64. The molecule has 0 aliphatic carbocycles. The topological polar surface area (TPSA) is 49.7 Å². The molecule has 0 saturated heterocycles. The van der Waals surface area contributed by atoms with Crippen molar-refractivity contribution >= 4 is 17.9 Å². The Morgan fingerprint density at radius 3 is 2.79 bits per heavy atom. The molecule has 14 heavy (non-hydrogen) atoms. The van der Waals surface area contributed by atoms with Crippen molar-refractivity contribution in [3.05, 3.63) is 29.3 Å². The normalized spacial score (nSPS) is 10.7. The van der Waals surface area contributed by atoms with E-state index in [1.54, 1.807) is 18.2 Å². The van der Waals surface area contributed by atoms with Gasteiger partial charge in [-0.1, -0.05) is 6.92 Å². The highest BCUT2D eigenvalue weighted by Gasteiger charge is 2.03. The van der Waals surface area contributed by atoms with Gasteiger partial charge in [-0.05, 0) is 37.1 Å². The Labute approximate surface area is 83.1 Å². The second-order valence-corrected chi connectivity index (χ2v) is 3.03. The fourth-order valence-corrected chi connectivity index (χ4v) is 1.12. The van der Waals surface area contributed by atoms with Gasteiger partial charge in [-0.25, -0.2) is 4.79 Å². The van der Waals surface area contributed by atoms with Crippen LogP contribution in [0.2, 0.25) is 0 Å². The first-order chi connectivity index (χ1) is 6.65. The molecule has 1 aromatic rings. The molecule has 0 unspecified atom stereocenters. The molecule has 0 bridgehead atoms. The van der Waals surface area contributed by atoms with E-state index in [1.807, 2.05) is 20.1 Å².